The van der Waals surface area contributed by atoms with Crippen LogP contribution in [0, 0.1) is 0 Å². The molecule has 0 aliphatic rings. The van der Waals surface area contributed by atoms with Crippen molar-refractivity contribution in [3.05, 3.63) is 97.2 Å². The first-order valence-electron chi connectivity index (χ1n) is 18.5. The van der Waals surface area contributed by atoms with Crippen molar-refractivity contribution in [2.45, 2.75) is 154 Å². The summed E-state index contributed by atoms with van der Waals surface area (Å²) in [6, 6.07) is -0.667. The van der Waals surface area contributed by atoms with Gasteiger partial charge in [0.15, 0.2) is 0 Å². The smallest absolute Gasteiger partial charge is 0.220 e. The minimum atomic E-state index is -0.885. The topological polar surface area (TPSA) is 69.6 Å². The van der Waals surface area contributed by atoms with Crippen molar-refractivity contribution in [3.8, 4) is 0 Å². The maximum absolute atomic E-state index is 12.3. The zero-order valence-corrected chi connectivity index (χ0v) is 29.5. The lowest BCUT2D eigenvalue weighted by atomic mass is 10.1. The standard InChI is InChI=1S/C42H69NO3/c1-3-5-7-9-11-13-15-17-18-19-20-21-22-23-24-26-28-30-32-34-36-38-42(46)43-40(39-44)41(45)37-35-33-31-29-27-25-16-14-12-10-8-6-4-2/h5,7,11,13,17-18,20-21,23-24,27-30,35,37,40-41,44-45H,3-4,6,8-10,12,14-16,19,22,25-26,31-34,36,38-39H2,1-2H3,(H,43,46)/b7-5-,13-11-,18-17-,21-20-,24-23-,29-27+,30-28-,37-35+. The number of unbranched alkanes of at least 4 members (excludes halogenated alkanes) is 10. The lowest BCUT2D eigenvalue weighted by Crippen LogP contribution is -2.45. The highest BCUT2D eigenvalue weighted by molar-refractivity contribution is 5.76. The van der Waals surface area contributed by atoms with Gasteiger partial charge in [-0.25, -0.2) is 0 Å². The first kappa shape index (κ1) is 43.3. The lowest BCUT2D eigenvalue weighted by molar-refractivity contribution is -0.123. The average Bonchev–Trinajstić information content (AvgIpc) is 3.06. The molecule has 0 saturated heterocycles. The van der Waals surface area contributed by atoms with E-state index in [9.17, 15) is 15.0 Å². The predicted octanol–water partition coefficient (Wildman–Crippen LogP) is 11.1. The lowest BCUT2D eigenvalue weighted by Gasteiger charge is -2.19. The molecular formula is C42H69NO3. The fourth-order valence-electron chi connectivity index (χ4n) is 4.72. The Morgan fingerprint density at radius 1 is 0.543 bits per heavy atom. The summed E-state index contributed by atoms with van der Waals surface area (Å²) >= 11 is 0. The van der Waals surface area contributed by atoms with E-state index in [1.165, 1.54) is 44.9 Å². The van der Waals surface area contributed by atoms with Crippen LogP contribution >= 0.6 is 0 Å². The summed E-state index contributed by atoms with van der Waals surface area (Å²) in [5, 5.41) is 22.8. The third-order valence-electron chi connectivity index (χ3n) is 7.55. The minimum absolute atomic E-state index is 0.123. The van der Waals surface area contributed by atoms with Crippen LogP contribution in [0.5, 0.6) is 0 Å². The zero-order valence-electron chi connectivity index (χ0n) is 29.5. The summed E-state index contributed by atoms with van der Waals surface area (Å²) in [6.45, 7) is 4.12. The van der Waals surface area contributed by atoms with E-state index >= 15 is 0 Å². The molecule has 0 fully saturated rings. The number of rotatable bonds is 31. The van der Waals surface area contributed by atoms with Crippen LogP contribution in [0.2, 0.25) is 0 Å². The second kappa shape index (κ2) is 36.8. The van der Waals surface area contributed by atoms with Gasteiger partial charge >= 0.3 is 0 Å². The molecule has 46 heavy (non-hydrogen) atoms. The fraction of sp³-hybridized carbons (Fsp3) is 0.595. The maximum Gasteiger partial charge on any atom is 0.220 e. The van der Waals surface area contributed by atoms with Crippen LogP contribution in [0.1, 0.15) is 142 Å². The highest BCUT2D eigenvalue weighted by atomic mass is 16.3. The van der Waals surface area contributed by atoms with E-state index in [0.717, 1.165) is 77.0 Å². The number of allylic oxidation sites excluding steroid dienone is 15. The van der Waals surface area contributed by atoms with Gasteiger partial charge in [0.1, 0.15) is 0 Å². The number of hydrogen-bond acceptors (Lipinski definition) is 3. The molecule has 4 nitrogen and oxygen atoms in total. The van der Waals surface area contributed by atoms with Gasteiger partial charge in [0.25, 0.3) is 0 Å². The Balaban J connectivity index is 3.83. The molecule has 3 N–H and O–H groups in total. The van der Waals surface area contributed by atoms with Crippen LogP contribution in [-0.4, -0.2) is 34.9 Å². The molecule has 260 valence electrons. The van der Waals surface area contributed by atoms with Crippen molar-refractivity contribution in [1.29, 1.82) is 0 Å². The first-order valence-corrected chi connectivity index (χ1v) is 18.5. The summed E-state index contributed by atoms with van der Waals surface area (Å²) in [6.07, 6.45) is 54.9. The van der Waals surface area contributed by atoms with Crippen LogP contribution in [-0.2, 0) is 4.79 Å². The Morgan fingerprint density at radius 2 is 0.978 bits per heavy atom. The third kappa shape index (κ3) is 32.7. The molecule has 0 aliphatic carbocycles. The number of carbonyl (C=O) groups excluding carboxylic acids is 1. The Bertz CT molecular complexity index is 906. The number of aliphatic hydroxyl groups is 2. The van der Waals surface area contributed by atoms with Crippen molar-refractivity contribution in [3.63, 3.8) is 0 Å². The van der Waals surface area contributed by atoms with E-state index in [1.54, 1.807) is 6.08 Å². The number of nitrogens with one attached hydrogen (secondary N) is 1. The van der Waals surface area contributed by atoms with Crippen LogP contribution in [0.4, 0.5) is 0 Å². The van der Waals surface area contributed by atoms with Crippen molar-refractivity contribution in [2.24, 2.45) is 0 Å². The molecule has 0 aliphatic heterocycles. The average molecular weight is 636 g/mol. The van der Waals surface area contributed by atoms with Gasteiger partial charge in [-0.05, 0) is 83.5 Å². The molecule has 0 rings (SSSR count). The molecule has 2 atom stereocenters. The van der Waals surface area contributed by atoms with E-state index in [1.807, 2.05) is 6.08 Å². The first-order chi connectivity index (χ1) is 22.7. The largest absolute Gasteiger partial charge is 0.394 e. The summed E-state index contributed by atoms with van der Waals surface area (Å²) in [7, 11) is 0. The number of aliphatic hydroxyl groups excluding tert-OH is 2. The van der Waals surface area contributed by atoms with Gasteiger partial charge in [-0.15, -0.1) is 0 Å². The van der Waals surface area contributed by atoms with Gasteiger partial charge < -0.3 is 15.5 Å². The molecule has 4 heteroatoms. The van der Waals surface area contributed by atoms with E-state index in [0.29, 0.717) is 6.42 Å². The van der Waals surface area contributed by atoms with Crippen molar-refractivity contribution < 1.29 is 15.0 Å². The van der Waals surface area contributed by atoms with Gasteiger partial charge in [-0.1, -0.05) is 150 Å². The molecular weight excluding hydrogens is 566 g/mol. The van der Waals surface area contributed by atoms with Crippen LogP contribution in [0.3, 0.4) is 0 Å². The number of carbonyl (C=O) groups is 1. The minimum Gasteiger partial charge on any atom is -0.394 e. The molecule has 0 bridgehead atoms. The van der Waals surface area contributed by atoms with Gasteiger partial charge in [0, 0.05) is 6.42 Å². The normalized spacial score (nSPS) is 14.3. The Morgan fingerprint density at radius 3 is 1.52 bits per heavy atom. The van der Waals surface area contributed by atoms with Gasteiger partial charge in [-0.3, -0.25) is 4.79 Å². The Kier molecular flexibility index (Phi) is 34.6. The van der Waals surface area contributed by atoms with Crippen molar-refractivity contribution >= 4 is 5.91 Å². The second-order valence-corrected chi connectivity index (χ2v) is 11.9. The SMILES string of the molecule is CC/C=C\C/C=C\C/C=C\C/C=C\C/C=C\C/C=C\CCCCC(=O)NC(CO)C(O)/C=C/CC/C=C/CCCCCCCCC. The molecule has 0 aromatic rings. The monoisotopic (exact) mass is 636 g/mol. The highest BCUT2D eigenvalue weighted by Gasteiger charge is 2.17. The highest BCUT2D eigenvalue weighted by Crippen LogP contribution is 2.09. The molecule has 0 heterocycles. The quantitative estimate of drug-likeness (QED) is 0.0524. The predicted molar refractivity (Wildman–Crippen MR) is 202 cm³/mol. The summed E-state index contributed by atoms with van der Waals surface area (Å²) in [5.41, 5.74) is 0. The fourth-order valence-corrected chi connectivity index (χ4v) is 4.72. The molecule has 0 saturated carbocycles. The molecule has 0 spiro atoms. The van der Waals surface area contributed by atoms with Crippen molar-refractivity contribution in [1.82, 2.24) is 5.32 Å². The number of hydrogen-bond donors (Lipinski definition) is 3. The molecule has 0 aromatic carbocycles. The van der Waals surface area contributed by atoms with E-state index < -0.39 is 12.1 Å². The Labute approximate surface area is 283 Å². The molecule has 0 radical (unpaired) electrons. The third-order valence-corrected chi connectivity index (χ3v) is 7.55. The van der Waals surface area contributed by atoms with E-state index in [-0.39, 0.29) is 12.5 Å². The molecule has 1 amide bonds. The van der Waals surface area contributed by atoms with Gasteiger partial charge in [0.2, 0.25) is 5.91 Å². The van der Waals surface area contributed by atoms with Gasteiger partial charge in [0.05, 0.1) is 18.8 Å². The molecule has 2 unspecified atom stereocenters. The molecule has 0 aromatic heterocycles. The summed E-state index contributed by atoms with van der Waals surface area (Å²) in [4.78, 5) is 12.3. The Hall–Kier alpha value is -2.69. The summed E-state index contributed by atoms with van der Waals surface area (Å²) < 4.78 is 0. The van der Waals surface area contributed by atoms with Crippen LogP contribution in [0.15, 0.2) is 97.2 Å². The summed E-state index contributed by atoms with van der Waals surface area (Å²) in [5.74, 6) is -0.123. The van der Waals surface area contributed by atoms with Crippen molar-refractivity contribution in [2.75, 3.05) is 6.61 Å². The van der Waals surface area contributed by atoms with E-state index in [2.05, 4.69) is 104 Å². The van der Waals surface area contributed by atoms with E-state index in [4.69, 9.17) is 0 Å². The zero-order chi connectivity index (χ0) is 33.6. The van der Waals surface area contributed by atoms with Crippen LogP contribution < -0.4 is 5.32 Å². The maximum atomic E-state index is 12.3. The number of amides is 1. The second-order valence-electron chi connectivity index (χ2n) is 11.9. The van der Waals surface area contributed by atoms with Crippen LogP contribution in [0.25, 0.3) is 0 Å². The van der Waals surface area contributed by atoms with Gasteiger partial charge in [-0.2, -0.15) is 0 Å².